The number of carbonyl (C=O) groups is 1. The Bertz CT molecular complexity index is 510. The van der Waals surface area contributed by atoms with Crippen molar-refractivity contribution in [2.75, 3.05) is 7.11 Å². The minimum absolute atomic E-state index is 0.333. The molecule has 0 saturated heterocycles. The second-order valence-corrected chi connectivity index (χ2v) is 4.57. The number of methoxy groups -OCH3 is 1. The van der Waals surface area contributed by atoms with Gasteiger partial charge in [0.1, 0.15) is 5.69 Å². The third-order valence-corrected chi connectivity index (χ3v) is 2.85. The lowest BCUT2D eigenvalue weighted by Crippen LogP contribution is -2.28. The molecule has 15 heavy (non-hydrogen) atoms. The fourth-order valence-corrected chi connectivity index (χ4v) is 2.22. The number of halogens is 1. The molecule has 0 amide bonds. The molecule has 4 heteroatoms. The SMILES string of the molecule is C=c1c(C)c(C(=O)OC)n(C)/c1=C(/C)Br. The Balaban J connectivity index is 3.75. The Morgan fingerprint density at radius 1 is 1.53 bits per heavy atom. The number of ether oxygens (including phenoxy) is 1. The summed E-state index contributed by atoms with van der Waals surface area (Å²) < 4.78 is 7.49. The number of hydrogen-bond acceptors (Lipinski definition) is 2. The van der Waals surface area contributed by atoms with Crippen LogP contribution in [0, 0.1) is 6.92 Å². The summed E-state index contributed by atoms with van der Waals surface area (Å²) in [5.74, 6) is -0.333. The molecule has 1 aromatic rings. The van der Waals surface area contributed by atoms with Crippen LogP contribution >= 0.6 is 15.9 Å². The molecule has 0 aliphatic rings. The first-order chi connectivity index (χ1) is 6.91. The number of carbonyl (C=O) groups excluding carboxylic acids is 1. The van der Waals surface area contributed by atoms with Crippen molar-refractivity contribution in [3.05, 3.63) is 21.8 Å². The molecule has 1 heterocycles. The summed E-state index contributed by atoms with van der Waals surface area (Å²) in [6.07, 6.45) is 0. The first-order valence-electron chi connectivity index (χ1n) is 4.50. The lowest BCUT2D eigenvalue weighted by molar-refractivity contribution is 0.0588. The van der Waals surface area contributed by atoms with Gasteiger partial charge in [-0.25, -0.2) is 4.79 Å². The Hall–Kier alpha value is -1.03. The molecule has 0 spiro atoms. The zero-order chi connectivity index (χ0) is 11.7. The summed E-state index contributed by atoms with van der Waals surface area (Å²) in [4.78, 5) is 11.5. The standard InChI is InChI=1S/C11H14BrNO2/c1-6-7(2)10(11(14)15-5)13(4)9(6)8(3)12/h1H2,2-5H3/b9-8-. The van der Waals surface area contributed by atoms with Gasteiger partial charge < -0.3 is 9.30 Å². The molecular weight excluding hydrogens is 258 g/mol. The molecule has 1 rings (SSSR count). The first-order valence-corrected chi connectivity index (χ1v) is 5.30. The van der Waals surface area contributed by atoms with E-state index in [0.29, 0.717) is 5.69 Å². The van der Waals surface area contributed by atoms with Gasteiger partial charge >= 0.3 is 5.97 Å². The lowest BCUT2D eigenvalue weighted by atomic mass is 10.2. The summed E-state index contributed by atoms with van der Waals surface area (Å²) in [5, 5.41) is 1.78. The lowest BCUT2D eigenvalue weighted by Gasteiger charge is -2.02. The van der Waals surface area contributed by atoms with Crippen LogP contribution in [0.25, 0.3) is 11.1 Å². The van der Waals surface area contributed by atoms with Crippen LogP contribution in [0.5, 0.6) is 0 Å². The highest BCUT2D eigenvalue weighted by molar-refractivity contribution is 9.14. The molecule has 0 unspecified atom stereocenters. The van der Waals surface area contributed by atoms with E-state index in [1.807, 2.05) is 20.9 Å². The number of nitrogens with zero attached hydrogens (tertiary/aromatic N) is 1. The average molecular weight is 272 g/mol. The third-order valence-electron chi connectivity index (χ3n) is 2.47. The van der Waals surface area contributed by atoms with Gasteiger partial charge in [0.25, 0.3) is 0 Å². The largest absolute Gasteiger partial charge is 0.464 e. The van der Waals surface area contributed by atoms with E-state index in [4.69, 9.17) is 4.74 Å². The summed E-state index contributed by atoms with van der Waals surface area (Å²) >= 11 is 3.41. The highest BCUT2D eigenvalue weighted by atomic mass is 79.9. The molecule has 0 atom stereocenters. The van der Waals surface area contributed by atoms with Gasteiger partial charge in [0.15, 0.2) is 0 Å². The third kappa shape index (κ3) is 1.86. The Labute approximate surface area is 97.2 Å². The highest BCUT2D eigenvalue weighted by Crippen LogP contribution is 2.05. The molecule has 0 N–H and O–H groups in total. The molecule has 0 radical (unpaired) electrons. The summed E-state index contributed by atoms with van der Waals surface area (Å²) in [6.45, 7) is 7.75. The molecule has 0 aliphatic heterocycles. The van der Waals surface area contributed by atoms with Gasteiger partial charge in [-0.2, -0.15) is 0 Å². The quantitative estimate of drug-likeness (QED) is 0.716. The molecule has 0 fully saturated rings. The van der Waals surface area contributed by atoms with Crippen LogP contribution in [0.1, 0.15) is 23.0 Å². The summed E-state index contributed by atoms with van der Waals surface area (Å²) in [6, 6.07) is 0. The van der Waals surface area contributed by atoms with Crippen molar-refractivity contribution in [3.8, 4) is 0 Å². The fraction of sp³-hybridized carbons (Fsp3) is 0.364. The maximum Gasteiger partial charge on any atom is 0.354 e. The average Bonchev–Trinajstić information content (AvgIpc) is 2.37. The van der Waals surface area contributed by atoms with Gasteiger partial charge in [-0.3, -0.25) is 0 Å². The normalized spacial score (nSPS) is 12.6. The molecular formula is C11H14BrNO2. The van der Waals surface area contributed by atoms with E-state index in [2.05, 4.69) is 22.5 Å². The second-order valence-electron chi connectivity index (χ2n) is 3.38. The number of hydrogen-bond donors (Lipinski definition) is 0. The number of rotatable bonds is 1. The first kappa shape index (κ1) is 12.0. The molecule has 0 saturated carbocycles. The maximum absolute atomic E-state index is 11.5. The molecule has 3 nitrogen and oxygen atoms in total. The van der Waals surface area contributed by atoms with Crippen molar-refractivity contribution in [2.45, 2.75) is 13.8 Å². The zero-order valence-corrected chi connectivity index (χ0v) is 10.9. The van der Waals surface area contributed by atoms with Crippen LogP contribution in [-0.4, -0.2) is 17.6 Å². The van der Waals surface area contributed by atoms with Crippen LogP contribution < -0.4 is 10.6 Å². The van der Waals surface area contributed by atoms with Gasteiger partial charge in [0.2, 0.25) is 0 Å². The molecule has 0 bridgehead atoms. The Kier molecular flexibility index (Phi) is 3.39. The highest BCUT2D eigenvalue weighted by Gasteiger charge is 2.16. The van der Waals surface area contributed by atoms with Crippen LogP contribution in [0.3, 0.4) is 0 Å². The van der Waals surface area contributed by atoms with E-state index in [0.717, 1.165) is 20.6 Å². The van der Waals surface area contributed by atoms with Crippen LogP contribution in [0.4, 0.5) is 0 Å². The smallest absolute Gasteiger partial charge is 0.354 e. The second kappa shape index (κ2) is 4.23. The predicted octanol–water partition coefficient (Wildman–Crippen LogP) is 1.05. The van der Waals surface area contributed by atoms with Crippen molar-refractivity contribution in [2.24, 2.45) is 7.05 Å². The summed E-state index contributed by atoms with van der Waals surface area (Å²) in [7, 11) is 3.20. The van der Waals surface area contributed by atoms with Crippen LogP contribution in [-0.2, 0) is 11.8 Å². The Morgan fingerprint density at radius 3 is 2.40 bits per heavy atom. The molecule has 0 aliphatic carbocycles. The Morgan fingerprint density at radius 2 is 2.07 bits per heavy atom. The summed E-state index contributed by atoms with van der Waals surface area (Å²) in [5.41, 5.74) is 1.41. The van der Waals surface area contributed by atoms with Gasteiger partial charge in [0, 0.05) is 11.5 Å². The van der Waals surface area contributed by atoms with E-state index in [1.54, 1.807) is 4.57 Å². The molecule has 82 valence electrons. The van der Waals surface area contributed by atoms with Gasteiger partial charge in [-0.05, 0) is 24.6 Å². The van der Waals surface area contributed by atoms with E-state index < -0.39 is 0 Å². The van der Waals surface area contributed by atoms with Crippen LogP contribution in [0.2, 0.25) is 0 Å². The number of esters is 1. The van der Waals surface area contributed by atoms with Crippen LogP contribution in [0.15, 0.2) is 0 Å². The topological polar surface area (TPSA) is 31.2 Å². The monoisotopic (exact) mass is 271 g/mol. The zero-order valence-electron chi connectivity index (χ0n) is 9.35. The van der Waals surface area contributed by atoms with Gasteiger partial charge in [-0.15, -0.1) is 0 Å². The van der Waals surface area contributed by atoms with E-state index in [9.17, 15) is 4.79 Å². The van der Waals surface area contributed by atoms with E-state index >= 15 is 0 Å². The van der Waals surface area contributed by atoms with Crippen molar-refractivity contribution >= 4 is 33.0 Å². The predicted molar refractivity (Wildman–Crippen MR) is 64.3 cm³/mol. The molecule has 0 aromatic carbocycles. The minimum atomic E-state index is -0.333. The van der Waals surface area contributed by atoms with E-state index in [-0.39, 0.29) is 5.97 Å². The van der Waals surface area contributed by atoms with Crippen molar-refractivity contribution in [1.82, 2.24) is 4.57 Å². The van der Waals surface area contributed by atoms with Crippen molar-refractivity contribution in [1.29, 1.82) is 0 Å². The van der Waals surface area contributed by atoms with Gasteiger partial charge in [-0.1, -0.05) is 22.5 Å². The minimum Gasteiger partial charge on any atom is -0.464 e. The van der Waals surface area contributed by atoms with Crippen molar-refractivity contribution in [3.63, 3.8) is 0 Å². The number of aromatic nitrogens is 1. The van der Waals surface area contributed by atoms with E-state index in [1.165, 1.54) is 7.11 Å². The molecule has 1 aromatic heterocycles. The van der Waals surface area contributed by atoms with Gasteiger partial charge in [0.05, 0.1) is 12.5 Å². The van der Waals surface area contributed by atoms with Crippen molar-refractivity contribution < 1.29 is 9.53 Å². The maximum atomic E-state index is 11.5. The fourth-order valence-electron chi connectivity index (χ4n) is 1.71.